The number of hydrogen-bond donors (Lipinski definition) is 2. The molecule has 0 aromatic carbocycles. The average molecular weight is 266 g/mol. The molecule has 0 radical (unpaired) electrons. The van der Waals surface area contributed by atoms with Crippen molar-refractivity contribution >= 4 is 5.91 Å². The van der Waals surface area contributed by atoms with Gasteiger partial charge in [-0.15, -0.1) is 0 Å². The van der Waals surface area contributed by atoms with Crippen molar-refractivity contribution in [3.63, 3.8) is 0 Å². The fourth-order valence-electron chi connectivity index (χ4n) is 2.52. The quantitative estimate of drug-likeness (QED) is 0.878. The van der Waals surface area contributed by atoms with Gasteiger partial charge >= 0.3 is 0 Å². The van der Waals surface area contributed by atoms with Crippen molar-refractivity contribution < 1.29 is 14.3 Å². The zero-order valence-electron chi connectivity index (χ0n) is 11.0. The third kappa shape index (κ3) is 3.10. The fourth-order valence-corrected chi connectivity index (χ4v) is 2.52. The Balaban J connectivity index is 1.99. The molecule has 1 saturated carbocycles. The second-order valence-electron chi connectivity index (χ2n) is 5.45. The van der Waals surface area contributed by atoms with Gasteiger partial charge in [-0.1, -0.05) is 19.8 Å². The number of aliphatic hydroxyl groups is 1. The first-order valence-corrected chi connectivity index (χ1v) is 6.59. The maximum atomic E-state index is 13.4. The predicted molar refractivity (Wildman–Crippen MR) is 69.1 cm³/mol. The van der Waals surface area contributed by atoms with E-state index in [0.29, 0.717) is 6.54 Å². The van der Waals surface area contributed by atoms with Gasteiger partial charge in [0, 0.05) is 18.2 Å². The summed E-state index contributed by atoms with van der Waals surface area (Å²) in [5, 5.41) is 12.7. The number of nitrogens with zero attached hydrogens (tertiary/aromatic N) is 1. The van der Waals surface area contributed by atoms with Gasteiger partial charge in [0.2, 0.25) is 0 Å². The molecule has 1 aromatic rings. The second-order valence-corrected chi connectivity index (χ2v) is 5.45. The van der Waals surface area contributed by atoms with Gasteiger partial charge in [0.05, 0.1) is 17.9 Å². The molecule has 0 unspecified atom stereocenters. The van der Waals surface area contributed by atoms with Crippen LogP contribution in [-0.2, 0) is 0 Å². The Bertz CT molecular complexity index is 467. The third-order valence-corrected chi connectivity index (χ3v) is 3.95. The first kappa shape index (κ1) is 13.9. The smallest absolute Gasteiger partial charge is 0.254 e. The summed E-state index contributed by atoms with van der Waals surface area (Å²) in [4.78, 5) is 15.5. The van der Waals surface area contributed by atoms with E-state index in [4.69, 9.17) is 0 Å². The van der Waals surface area contributed by atoms with Gasteiger partial charge in [-0.2, -0.15) is 0 Å². The SMILES string of the molecule is C[C@]1(CNC(=O)c2ccncc2F)CCCC[C@@H]1O. The first-order valence-electron chi connectivity index (χ1n) is 6.59. The van der Waals surface area contributed by atoms with Crippen LogP contribution in [0.15, 0.2) is 18.5 Å². The third-order valence-electron chi connectivity index (χ3n) is 3.95. The zero-order valence-corrected chi connectivity index (χ0v) is 11.0. The summed E-state index contributed by atoms with van der Waals surface area (Å²) in [5.74, 6) is -1.09. The van der Waals surface area contributed by atoms with E-state index in [2.05, 4.69) is 10.3 Å². The highest BCUT2D eigenvalue weighted by molar-refractivity contribution is 5.94. The van der Waals surface area contributed by atoms with E-state index in [0.717, 1.165) is 31.9 Å². The topological polar surface area (TPSA) is 62.2 Å². The van der Waals surface area contributed by atoms with Crippen molar-refractivity contribution in [2.45, 2.75) is 38.7 Å². The number of pyridine rings is 1. The van der Waals surface area contributed by atoms with Gasteiger partial charge < -0.3 is 10.4 Å². The van der Waals surface area contributed by atoms with E-state index >= 15 is 0 Å². The molecule has 1 amide bonds. The molecule has 0 bridgehead atoms. The van der Waals surface area contributed by atoms with Crippen LogP contribution >= 0.6 is 0 Å². The van der Waals surface area contributed by atoms with Gasteiger partial charge in [0.15, 0.2) is 5.82 Å². The molecule has 2 N–H and O–H groups in total. The van der Waals surface area contributed by atoms with Crippen molar-refractivity contribution in [2.75, 3.05) is 6.54 Å². The van der Waals surface area contributed by atoms with Crippen LogP contribution < -0.4 is 5.32 Å². The molecule has 0 aliphatic heterocycles. The number of nitrogens with one attached hydrogen (secondary N) is 1. The van der Waals surface area contributed by atoms with Crippen LogP contribution in [-0.4, -0.2) is 28.6 Å². The monoisotopic (exact) mass is 266 g/mol. The van der Waals surface area contributed by atoms with Crippen LogP contribution in [0.5, 0.6) is 0 Å². The lowest BCUT2D eigenvalue weighted by molar-refractivity contribution is 0.00188. The van der Waals surface area contributed by atoms with Gasteiger partial charge in [0.1, 0.15) is 0 Å². The van der Waals surface area contributed by atoms with Crippen molar-refractivity contribution in [2.24, 2.45) is 5.41 Å². The largest absolute Gasteiger partial charge is 0.392 e. The molecule has 1 aliphatic rings. The molecule has 4 nitrogen and oxygen atoms in total. The van der Waals surface area contributed by atoms with E-state index in [1.54, 1.807) is 0 Å². The van der Waals surface area contributed by atoms with Crippen molar-refractivity contribution in [3.05, 3.63) is 29.8 Å². The highest BCUT2D eigenvalue weighted by atomic mass is 19.1. The average Bonchev–Trinajstić information content (AvgIpc) is 2.40. The molecule has 1 aliphatic carbocycles. The minimum atomic E-state index is -0.630. The van der Waals surface area contributed by atoms with Gasteiger partial charge in [-0.3, -0.25) is 9.78 Å². The molecule has 1 aromatic heterocycles. The molecule has 0 saturated heterocycles. The van der Waals surface area contributed by atoms with Crippen molar-refractivity contribution in [1.82, 2.24) is 10.3 Å². The van der Waals surface area contributed by atoms with Gasteiger partial charge in [-0.25, -0.2) is 4.39 Å². The number of aliphatic hydroxyl groups excluding tert-OH is 1. The maximum Gasteiger partial charge on any atom is 0.254 e. The molecule has 2 atom stereocenters. The molecule has 0 spiro atoms. The summed E-state index contributed by atoms with van der Waals surface area (Å²) in [7, 11) is 0. The molecular formula is C14H19FN2O2. The van der Waals surface area contributed by atoms with E-state index in [9.17, 15) is 14.3 Å². The summed E-state index contributed by atoms with van der Waals surface area (Å²) in [6.45, 7) is 2.31. The lowest BCUT2D eigenvalue weighted by Gasteiger charge is -2.38. The maximum absolute atomic E-state index is 13.4. The summed E-state index contributed by atoms with van der Waals surface area (Å²) in [6, 6.07) is 1.35. The van der Waals surface area contributed by atoms with Crippen molar-refractivity contribution in [3.8, 4) is 0 Å². The van der Waals surface area contributed by atoms with E-state index in [1.165, 1.54) is 12.3 Å². The molecule has 1 fully saturated rings. The van der Waals surface area contributed by atoms with Gasteiger partial charge in [0.25, 0.3) is 5.91 Å². The van der Waals surface area contributed by atoms with Crippen LogP contribution in [0.4, 0.5) is 4.39 Å². The molecule has 1 heterocycles. The number of aromatic nitrogens is 1. The zero-order chi connectivity index (χ0) is 13.9. The normalized spacial score (nSPS) is 27.0. The minimum absolute atomic E-state index is 0.0103. The van der Waals surface area contributed by atoms with Crippen LogP contribution in [0, 0.1) is 11.2 Å². The number of rotatable bonds is 3. The van der Waals surface area contributed by atoms with Crippen LogP contribution in [0.1, 0.15) is 43.0 Å². The van der Waals surface area contributed by atoms with Crippen LogP contribution in [0.25, 0.3) is 0 Å². The highest BCUT2D eigenvalue weighted by Gasteiger charge is 2.35. The predicted octanol–water partition coefficient (Wildman–Crippen LogP) is 1.89. The number of carbonyl (C=O) groups is 1. The van der Waals surface area contributed by atoms with Gasteiger partial charge in [-0.05, 0) is 18.9 Å². The van der Waals surface area contributed by atoms with Crippen molar-refractivity contribution in [1.29, 1.82) is 0 Å². The lowest BCUT2D eigenvalue weighted by Crippen LogP contribution is -2.45. The molecule has 5 heteroatoms. The summed E-state index contributed by atoms with van der Waals surface area (Å²) in [5.41, 5.74) is -0.332. The molecule has 2 rings (SSSR count). The number of hydrogen-bond acceptors (Lipinski definition) is 3. The lowest BCUT2D eigenvalue weighted by atomic mass is 9.73. The second kappa shape index (κ2) is 5.65. The summed E-state index contributed by atoms with van der Waals surface area (Å²) >= 11 is 0. The molecule has 19 heavy (non-hydrogen) atoms. The first-order chi connectivity index (χ1) is 9.03. The Morgan fingerprint density at radius 1 is 1.63 bits per heavy atom. The molecular weight excluding hydrogens is 247 g/mol. The standard InChI is InChI=1S/C14H19FN2O2/c1-14(6-3-2-4-12(14)18)9-17-13(19)10-5-7-16-8-11(10)15/h5,7-8,12,18H,2-4,6,9H2,1H3,(H,17,19)/t12-,14+/m0/s1. The Hall–Kier alpha value is -1.49. The van der Waals surface area contributed by atoms with Crippen LogP contribution in [0.2, 0.25) is 0 Å². The van der Waals surface area contributed by atoms with E-state index in [-0.39, 0.29) is 11.0 Å². The number of halogens is 1. The summed E-state index contributed by atoms with van der Waals surface area (Å²) < 4.78 is 13.4. The van der Waals surface area contributed by atoms with E-state index in [1.807, 2.05) is 6.92 Å². The highest BCUT2D eigenvalue weighted by Crippen LogP contribution is 2.35. The van der Waals surface area contributed by atoms with E-state index < -0.39 is 17.8 Å². The Kier molecular flexibility index (Phi) is 4.14. The fraction of sp³-hybridized carbons (Fsp3) is 0.571. The number of carbonyl (C=O) groups excluding carboxylic acids is 1. The Labute approximate surface area is 112 Å². The summed E-state index contributed by atoms with van der Waals surface area (Å²) in [6.07, 6.45) is 5.69. The minimum Gasteiger partial charge on any atom is -0.392 e. The van der Waals surface area contributed by atoms with Crippen LogP contribution in [0.3, 0.4) is 0 Å². The number of amides is 1. The molecule has 104 valence electrons. The Morgan fingerprint density at radius 2 is 2.42 bits per heavy atom. The Morgan fingerprint density at radius 3 is 3.11 bits per heavy atom.